The molecule has 3 heterocycles. The number of nitrogens with one attached hydrogen (secondary N) is 1. The number of hydrogen-bond acceptors (Lipinski definition) is 7. The summed E-state index contributed by atoms with van der Waals surface area (Å²) >= 11 is 0. The highest BCUT2D eigenvalue weighted by molar-refractivity contribution is 5.87. The van der Waals surface area contributed by atoms with Crippen molar-refractivity contribution in [3.63, 3.8) is 0 Å². The first-order chi connectivity index (χ1) is 18.2. The van der Waals surface area contributed by atoms with Crippen LogP contribution in [0.25, 0.3) is 17.0 Å². The number of aromatic amines is 1. The number of hydrogen-bond donors (Lipinski definition) is 2. The van der Waals surface area contributed by atoms with Gasteiger partial charge in [-0.05, 0) is 62.6 Å². The third-order valence-corrected chi connectivity index (χ3v) is 7.74. The number of piperazine rings is 1. The van der Waals surface area contributed by atoms with Gasteiger partial charge in [0.1, 0.15) is 12.2 Å². The molecule has 206 valence electrons. The Kier molecular flexibility index (Phi) is 9.28. The summed E-state index contributed by atoms with van der Waals surface area (Å²) in [6.07, 6.45) is 7.79. The van der Waals surface area contributed by atoms with E-state index in [9.17, 15) is 9.90 Å². The lowest BCUT2D eigenvalue weighted by molar-refractivity contribution is -0.151. The number of ether oxygens (including phenoxy) is 2. The molecule has 0 amide bonds. The normalized spacial score (nSPS) is 29.3. The number of benzene rings is 1. The number of cyclic esters (lactones) is 1. The second kappa shape index (κ2) is 12.6. The minimum absolute atomic E-state index is 0.0240. The van der Waals surface area contributed by atoms with E-state index in [2.05, 4.69) is 52.7 Å². The second-order valence-corrected chi connectivity index (χ2v) is 10.9. The molecule has 8 heteroatoms. The van der Waals surface area contributed by atoms with E-state index in [1.807, 2.05) is 38.1 Å². The highest BCUT2D eigenvalue weighted by atomic mass is 16.5. The highest BCUT2D eigenvalue weighted by Gasteiger charge is 2.27. The second-order valence-electron chi connectivity index (χ2n) is 10.9. The molecule has 8 nitrogen and oxygen atoms in total. The molecule has 2 aromatic rings. The average molecular weight is 523 g/mol. The molecule has 1 saturated heterocycles. The van der Waals surface area contributed by atoms with Crippen LogP contribution in [0.15, 0.2) is 54.6 Å². The number of rotatable bonds is 5. The minimum Gasteiger partial charge on any atom is -0.472 e. The zero-order valence-electron chi connectivity index (χ0n) is 23.1. The molecule has 2 aliphatic rings. The summed E-state index contributed by atoms with van der Waals surface area (Å²) < 4.78 is 12.4. The van der Waals surface area contributed by atoms with Crippen molar-refractivity contribution in [2.24, 2.45) is 11.8 Å². The maximum Gasteiger partial charge on any atom is 0.309 e. The Morgan fingerprint density at radius 2 is 1.97 bits per heavy atom. The number of H-pyrrole nitrogens is 1. The fraction of sp³-hybridized carbons (Fsp3) is 0.533. The highest BCUT2D eigenvalue weighted by Crippen LogP contribution is 2.28. The van der Waals surface area contributed by atoms with E-state index < -0.39 is 12.2 Å². The van der Waals surface area contributed by atoms with Gasteiger partial charge in [-0.2, -0.15) is 5.10 Å². The molecule has 2 N–H and O–H groups in total. The van der Waals surface area contributed by atoms with Gasteiger partial charge >= 0.3 is 5.97 Å². The van der Waals surface area contributed by atoms with Gasteiger partial charge < -0.3 is 24.4 Å². The lowest BCUT2D eigenvalue weighted by atomic mass is 9.91. The van der Waals surface area contributed by atoms with Gasteiger partial charge in [-0.25, -0.2) is 0 Å². The first kappa shape index (κ1) is 27.9. The van der Waals surface area contributed by atoms with Crippen LogP contribution < -0.4 is 0 Å². The molecule has 5 atom stereocenters. The summed E-state index contributed by atoms with van der Waals surface area (Å²) in [6.45, 7) is 14.1. The molecule has 1 aromatic carbocycles. The van der Waals surface area contributed by atoms with Crippen molar-refractivity contribution >= 4 is 22.9 Å². The summed E-state index contributed by atoms with van der Waals surface area (Å²) in [6, 6.07) is 5.98. The summed E-state index contributed by atoms with van der Waals surface area (Å²) in [4.78, 5) is 17.3. The van der Waals surface area contributed by atoms with E-state index >= 15 is 0 Å². The van der Waals surface area contributed by atoms with Crippen LogP contribution in [-0.2, 0) is 14.3 Å². The van der Waals surface area contributed by atoms with E-state index in [1.165, 1.54) is 0 Å². The Balaban J connectivity index is 1.57. The van der Waals surface area contributed by atoms with E-state index in [0.717, 1.165) is 54.6 Å². The first-order valence-corrected chi connectivity index (χ1v) is 13.7. The Bertz CT molecular complexity index is 1160. The molecule has 0 bridgehead atoms. The lowest BCUT2D eigenvalue weighted by Crippen LogP contribution is -2.44. The van der Waals surface area contributed by atoms with Gasteiger partial charge in [0, 0.05) is 37.5 Å². The molecular formula is C30H42N4O4. The summed E-state index contributed by atoms with van der Waals surface area (Å²) in [7, 11) is 2.13. The largest absolute Gasteiger partial charge is 0.472 e. The monoisotopic (exact) mass is 522 g/mol. The van der Waals surface area contributed by atoms with Crippen LogP contribution >= 0.6 is 0 Å². The van der Waals surface area contributed by atoms with Crippen molar-refractivity contribution in [3.8, 4) is 0 Å². The molecule has 1 aromatic heterocycles. The van der Waals surface area contributed by atoms with Gasteiger partial charge in [0.25, 0.3) is 0 Å². The smallest absolute Gasteiger partial charge is 0.309 e. The van der Waals surface area contributed by atoms with Crippen LogP contribution in [0.1, 0.15) is 45.6 Å². The Morgan fingerprint density at radius 3 is 2.74 bits per heavy atom. The molecule has 4 rings (SSSR count). The summed E-state index contributed by atoms with van der Waals surface area (Å²) in [5.74, 6) is 0.334. The number of aliphatic hydroxyl groups excluding tert-OH is 1. The Labute approximate surface area is 226 Å². The molecule has 38 heavy (non-hydrogen) atoms. The van der Waals surface area contributed by atoms with Crippen molar-refractivity contribution in [3.05, 3.63) is 60.1 Å². The number of esters is 1. The molecule has 0 spiro atoms. The SMILES string of the molecule is C=C(O[C@H]1/C=C/C(C)[C@@H](/C(C)=C/c2cccc3[nH]ncc23)OC(=O)CC(O)CCC1C)N1CCN(C)CC1. The van der Waals surface area contributed by atoms with Gasteiger partial charge in [0.05, 0.1) is 24.2 Å². The summed E-state index contributed by atoms with van der Waals surface area (Å²) in [5.41, 5.74) is 2.88. The predicted octanol–water partition coefficient (Wildman–Crippen LogP) is 4.36. The minimum atomic E-state index is -0.755. The van der Waals surface area contributed by atoms with Crippen molar-refractivity contribution in [1.29, 1.82) is 0 Å². The fourth-order valence-electron chi connectivity index (χ4n) is 5.18. The average Bonchev–Trinajstić information content (AvgIpc) is 3.38. The molecule has 0 saturated carbocycles. The number of fused-ring (bicyclic) bond motifs is 1. The van der Waals surface area contributed by atoms with Crippen molar-refractivity contribution in [2.45, 2.75) is 58.3 Å². The third kappa shape index (κ3) is 7.05. The zero-order chi connectivity index (χ0) is 27.2. The van der Waals surface area contributed by atoms with E-state index in [4.69, 9.17) is 9.47 Å². The molecule has 0 radical (unpaired) electrons. The molecular weight excluding hydrogens is 480 g/mol. The van der Waals surface area contributed by atoms with Gasteiger partial charge in [-0.3, -0.25) is 9.89 Å². The number of aliphatic hydroxyl groups is 1. The number of aromatic nitrogens is 2. The van der Waals surface area contributed by atoms with Crippen LogP contribution in [0.4, 0.5) is 0 Å². The van der Waals surface area contributed by atoms with Crippen LogP contribution in [0.5, 0.6) is 0 Å². The molecule has 0 aliphatic carbocycles. The van der Waals surface area contributed by atoms with E-state index in [1.54, 1.807) is 6.20 Å². The van der Waals surface area contributed by atoms with Crippen molar-refractivity contribution < 1.29 is 19.4 Å². The Morgan fingerprint density at radius 1 is 1.21 bits per heavy atom. The number of carbonyl (C=O) groups is 1. The van der Waals surface area contributed by atoms with Crippen LogP contribution in [0.2, 0.25) is 0 Å². The molecule has 1 fully saturated rings. The van der Waals surface area contributed by atoms with Crippen molar-refractivity contribution in [2.75, 3.05) is 33.2 Å². The van der Waals surface area contributed by atoms with Gasteiger partial charge in [0.15, 0.2) is 5.88 Å². The zero-order valence-corrected chi connectivity index (χ0v) is 23.1. The van der Waals surface area contributed by atoms with Gasteiger partial charge in [-0.15, -0.1) is 0 Å². The quantitative estimate of drug-likeness (QED) is 0.343. The van der Waals surface area contributed by atoms with Crippen LogP contribution in [-0.4, -0.2) is 82.6 Å². The first-order valence-electron chi connectivity index (χ1n) is 13.7. The number of nitrogens with zero attached hydrogens (tertiary/aromatic N) is 3. The Hall–Kier alpha value is -3.10. The van der Waals surface area contributed by atoms with E-state index in [-0.39, 0.29) is 30.3 Å². The summed E-state index contributed by atoms with van der Waals surface area (Å²) in [5, 5.41) is 18.7. The van der Waals surface area contributed by atoms with Crippen molar-refractivity contribution in [1.82, 2.24) is 20.0 Å². The molecule has 2 aliphatic heterocycles. The maximum atomic E-state index is 12.8. The van der Waals surface area contributed by atoms with Crippen LogP contribution in [0, 0.1) is 11.8 Å². The van der Waals surface area contributed by atoms with Crippen LogP contribution in [0.3, 0.4) is 0 Å². The third-order valence-electron chi connectivity index (χ3n) is 7.74. The van der Waals surface area contributed by atoms with Gasteiger partial charge in [-0.1, -0.05) is 38.1 Å². The lowest BCUT2D eigenvalue weighted by Gasteiger charge is -2.36. The number of likely N-dealkylation sites (N-methyl/N-ethyl adjacent to an activating group) is 1. The number of carbonyl (C=O) groups excluding carboxylic acids is 1. The van der Waals surface area contributed by atoms with Gasteiger partial charge in [0.2, 0.25) is 0 Å². The maximum absolute atomic E-state index is 12.8. The predicted molar refractivity (Wildman–Crippen MR) is 150 cm³/mol. The molecule has 3 unspecified atom stereocenters. The topological polar surface area (TPSA) is 90.9 Å². The standard InChI is InChI=1S/C30H42N4O4/c1-20-9-11-25(35)18-29(36)38-30(22(3)17-24-7-6-8-27-26(24)19-31-32-27)21(2)10-12-28(20)37-23(4)34-15-13-33(5)14-16-34/h6-8,10,12,17,19-21,25,28,30,35H,4,9,11,13-16,18H2,1-3,5H3,(H,31,32)/b12-10+,22-17+/t20?,21?,25?,28-,30-/m0/s1. The van der Waals surface area contributed by atoms with E-state index in [0.29, 0.717) is 12.3 Å². The fourth-order valence-corrected chi connectivity index (χ4v) is 5.18.